The number of nitrogen functional groups attached to an aromatic ring is 1. The molecule has 1 saturated heterocycles. The molecule has 4 rings (SSSR count). The van der Waals surface area contributed by atoms with Gasteiger partial charge in [-0.05, 0) is 42.7 Å². The second-order valence-corrected chi connectivity index (χ2v) is 6.87. The fraction of sp³-hybridized carbons (Fsp3) is 0.238. The van der Waals surface area contributed by atoms with Gasteiger partial charge in [-0.3, -0.25) is 9.78 Å². The second kappa shape index (κ2) is 7.72. The maximum Gasteiger partial charge on any atom is 0.255 e. The third kappa shape index (κ3) is 3.69. The molecule has 1 atom stereocenters. The minimum absolute atomic E-state index is 0.00191. The highest BCUT2D eigenvalue weighted by Crippen LogP contribution is 2.34. The van der Waals surface area contributed by atoms with Gasteiger partial charge in [0.05, 0.1) is 11.3 Å². The SMILES string of the molecule is Nc1ncc(-c2cccc(F)c2)c([C@H]2CCCN(C(=O)c3cccnc3)C2)n1. The van der Waals surface area contributed by atoms with E-state index in [0.717, 1.165) is 24.1 Å². The van der Waals surface area contributed by atoms with E-state index in [9.17, 15) is 9.18 Å². The van der Waals surface area contributed by atoms with Gasteiger partial charge in [-0.15, -0.1) is 0 Å². The van der Waals surface area contributed by atoms with Gasteiger partial charge in [0.15, 0.2) is 0 Å². The fourth-order valence-corrected chi connectivity index (χ4v) is 3.66. The number of piperidine rings is 1. The average molecular weight is 377 g/mol. The van der Waals surface area contributed by atoms with Crippen LogP contribution in [0.5, 0.6) is 0 Å². The lowest BCUT2D eigenvalue weighted by Gasteiger charge is -2.33. The number of carbonyl (C=O) groups excluding carboxylic acids is 1. The van der Waals surface area contributed by atoms with Gasteiger partial charge in [-0.2, -0.15) is 0 Å². The number of pyridine rings is 1. The highest BCUT2D eigenvalue weighted by atomic mass is 19.1. The van der Waals surface area contributed by atoms with Crippen LogP contribution in [0.4, 0.5) is 10.3 Å². The summed E-state index contributed by atoms with van der Waals surface area (Å²) in [6.45, 7) is 1.20. The van der Waals surface area contributed by atoms with Crippen LogP contribution in [0.15, 0.2) is 55.0 Å². The lowest BCUT2D eigenvalue weighted by atomic mass is 9.89. The van der Waals surface area contributed by atoms with E-state index in [0.29, 0.717) is 24.2 Å². The molecule has 142 valence electrons. The van der Waals surface area contributed by atoms with Crippen LogP contribution >= 0.6 is 0 Å². The van der Waals surface area contributed by atoms with Crippen molar-refractivity contribution in [3.8, 4) is 11.1 Å². The zero-order valence-corrected chi connectivity index (χ0v) is 15.3. The number of nitrogens with zero attached hydrogens (tertiary/aromatic N) is 4. The molecule has 3 aromatic rings. The highest BCUT2D eigenvalue weighted by molar-refractivity contribution is 5.94. The van der Waals surface area contributed by atoms with Crippen LogP contribution in [-0.4, -0.2) is 38.8 Å². The molecule has 1 amide bonds. The molecule has 0 saturated carbocycles. The van der Waals surface area contributed by atoms with E-state index < -0.39 is 0 Å². The van der Waals surface area contributed by atoms with Gasteiger partial charge < -0.3 is 10.6 Å². The molecule has 1 aliphatic rings. The smallest absolute Gasteiger partial charge is 0.255 e. The van der Waals surface area contributed by atoms with Gasteiger partial charge in [-0.25, -0.2) is 14.4 Å². The van der Waals surface area contributed by atoms with Crippen molar-refractivity contribution in [1.29, 1.82) is 0 Å². The van der Waals surface area contributed by atoms with Crippen LogP contribution in [0.2, 0.25) is 0 Å². The number of halogens is 1. The van der Waals surface area contributed by atoms with Crippen molar-refractivity contribution in [2.45, 2.75) is 18.8 Å². The number of anilines is 1. The Morgan fingerprint density at radius 2 is 2.11 bits per heavy atom. The Morgan fingerprint density at radius 3 is 2.89 bits per heavy atom. The van der Waals surface area contributed by atoms with Crippen molar-refractivity contribution in [1.82, 2.24) is 19.9 Å². The fourth-order valence-electron chi connectivity index (χ4n) is 3.66. The van der Waals surface area contributed by atoms with Gasteiger partial charge in [0, 0.05) is 43.2 Å². The van der Waals surface area contributed by atoms with Crippen LogP contribution in [0.1, 0.15) is 34.8 Å². The van der Waals surface area contributed by atoms with Crippen molar-refractivity contribution >= 4 is 11.9 Å². The molecule has 28 heavy (non-hydrogen) atoms. The molecule has 0 spiro atoms. The monoisotopic (exact) mass is 377 g/mol. The Morgan fingerprint density at radius 1 is 1.21 bits per heavy atom. The van der Waals surface area contributed by atoms with Crippen molar-refractivity contribution < 1.29 is 9.18 Å². The summed E-state index contributed by atoms with van der Waals surface area (Å²) >= 11 is 0. The Balaban J connectivity index is 1.65. The predicted octanol–water partition coefficient (Wildman–Crippen LogP) is 3.28. The number of aromatic nitrogens is 3. The first-order valence-corrected chi connectivity index (χ1v) is 9.19. The van der Waals surface area contributed by atoms with Gasteiger partial charge in [-0.1, -0.05) is 12.1 Å². The van der Waals surface area contributed by atoms with E-state index in [1.165, 1.54) is 12.1 Å². The normalized spacial score (nSPS) is 16.8. The molecule has 6 nitrogen and oxygen atoms in total. The summed E-state index contributed by atoms with van der Waals surface area (Å²) in [5, 5.41) is 0. The molecule has 0 aliphatic carbocycles. The van der Waals surface area contributed by atoms with E-state index in [1.807, 2.05) is 11.0 Å². The zero-order valence-electron chi connectivity index (χ0n) is 15.3. The lowest BCUT2D eigenvalue weighted by Crippen LogP contribution is -2.39. The summed E-state index contributed by atoms with van der Waals surface area (Å²) < 4.78 is 13.7. The van der Waals surface area contributed by atoms with Crippen LogP contribution < -0.4 is 5.73 Å². The maximum atomic E-state index is 13.7. The molecule has 0 unspecified atom stereocenters. The van der Waals surface area contributed by atoms with Crippen molar-refractivity contribution in [3.05, 3.63) is 72.1 Å². The first-order chi connectivity index (χ1) is 13.6. The molecule has 3 heterocycles. The van der Waals surface area contributed by atoms with Gasteiger partial charge in [0.25, 0.3) is 5.91 Å². The first kappa shape index (κ1) is 18.0. The van der Waals surface area contributed by atoms with Gasteiger partial charge >= 0.3 is 0 Å². The molecule has 2 aromatic heterocycles. The van der Waals surface area contributed by atoms with Gasteiger partial charge in [0.2, 0.25) is 5.95 Å². The number of amides is 1. The Bertz CT molecular complexity index is 995. The topological polar surface area (TPSA) is 85.0 Å². The molecular formula is C21H20FN5O. The van der Waals surface area contributed by atoms with E-state index in [2.05, 4.69) is 15.0 Å². The number of carbonyl (C=O) groups is 1. The largest absolute Gasteiger partial charge is 0.368 e. The number of likely N-dealkylation sites (tertiary alicyclic amines) is 1. The third-order valence-corrected chi connectivity index (χ3v) is 4.98. The second-order valence-electron chi connectivity index (χ2n) is 6.87. The standard InChI is InChI=1S/C21H20FN5O/c22-17-7-1-4-14(10-17)18-12-25-21(23)26-19(18)16-6-3-9-27(13-16)20(28)15-5-2-8-24-11-15/h1-2,4-5,7-8,10-12,16H,3,6,9,13H2,(H2,23,25,26)/t16-/m0/s1. The van der Waals surface area contributed by atoms with Crippen LogP contribution in [0.25, 0.3) is 11.1 Å². The molecule has 1 aromatic carbocycles. The van der Waals surface area contributed by atoms with E-state index in [1.54, 1.807) is 36.8 Å². The van der Waals surface area contributed by atoms with Crippen molar-refractivity contribution in [2.75, 3.05) is 18.8 Å². The summed E-state index contributed by atoms with van der Waals surface area (Å²) in [4.78, 5) is 27.2. The number of benzene rings is 1. The molecule has 1 fully saturated rings. The van der Waals surface area contributed by atoms with Crippen LogP contribution in [-0.2, 0) is 0 Å². The summed E-state index contributed by atoms with van der Waals surface area (Å²) in [6.07, 6.45) is 6.57. The Hall–Kier alpha value is -3.35. The molecule has 0 radical (unpaired) electrons. The minimum atomic E-state index is -0.322. The van der Waals surface area contributed by atoms with Gasteiger partial charge in [0.1, 0.15) is 5.82 Å². The average Bonchev–Trinajstić information content (AvgIpc) is 2.74. The number of rotatable bonds is 3. The number of hydrogen-bond acceptors (Lipinski definition) is 5. The zero-order chi connectivity index (χ0) is 19.5. The Kier molecular flexibility index (Phi) is 4.97. The molecular weight excluding hydrogens is 357 g/mol. The minimum Gasteiger partial charge on any atom is -0.368 e. The molecule has 1 aliphatic heterocycles. The third-order valence-electron chi connectivity index (χ3n) is 4.98. The quantitative estimate of drug-likeness (QED) is 0.757. The summed E-state index contributed by atoms with van der Waals surface area (Å²) in [5.41, 5.74) is 8.60. The molecule has 2 N–H and O–H groups in total. The lowest BCUT2D eigenvalue weighted by molar-refractivity contribution is 0.0705. The summed E-state index contributed by atoms with van der Waals surface area (Å²) in [6, 6.07) is 9.85. The first-order valence-electron chi connectivity index (χ1n) is 9.19. The number of hydrogen-bond donors (Lipinski definition) is 1. The van der Waals surface area contributed by atoms with E-state index in [4.69, 9.17) is 5.73 Å². The van der Waals surface area contributed by atoms with Crippen LogP contribution in [0, 0.1) is 5.82 Å². The van der Waals surface area contributed by atoms with Crippen molar-refractivity contribution in [3.63, 3.8) is 0 Å². The van der Waals surface area contributed by atoms with Crippen molar-refractivity contribution in [2.24, 2.45) is 0 Å². The number of nitrogens with two attached hydrogens (primary N) is 1. The Labute approximate surface area is 162 Å². The molecule has 0 bridgehead atoms. The highest BCUT2D eigenvalue weighted by Gasteiger charge is 2.28. The predicted molar refractivity (Wildman–Crippen MR) is 104 cm³/mol. The van der Waals surface area contributed by atoms with E-state index in [-0.39, 0.29) is 23.6 Å². The molecule has 7 heteroatoms. The maximum absolute atomic E-state index is 13.7. The van der Waals surface area contributed by atoms with E-state index >= 15 is 0 Å². The summed E-state index contributed by atoms with van der Waals surface area (Å²) in [7, 11) is 0. The van der Waals surface area contributed by atoms with Crippen LogP contribution in [0.3, 0.4) is 0 Å². The summed E-state index contributed by atoms with van der Waals surface area (Å²) in [5.74, 6) is -0.201.